The number of nitrogens with one attached hydrogen (secondary N) is 1. The van der Waals surface area contributed by atoms with Crippen LogP contribution in [-0.4, -0.2) is 49.4 Å². The minimum absolute atomic E-state index is 0.000515. The first kappa shape index (κ1) is 15.4. The number of carbonyl (C=O) groups is 1. The van der Waals surface area contributed by atoms with E-state index in [0.717, 1.165) is 43.3 Å². The van der Waals surface area contributed by atoms with Crippen molar-refractivity contribution in [2.75, 3.05) is 38.7 Å². The molecule has 4 nitrogen and oxygen atoms in total. The number of rotatable bonds is 7. The van der Waals surface area contributed by atoms with E-state index in [1.807, 2.05) is 25.1 Å². The zero-order valence-electron chi connectivity index (χ0n) is 12.1. The smallest absolute Gasteiger partial charge is 0.237 e. The number of anilines is 1. The molecule has 110 valence electrons. The summed E-state index contributed by atoms with van der Waals surface area (Å²) in [6.45, 7) is 5.32. The largest absolute Gasteiger partial charge is 0.380 e. The van der Waals surface area contributed by atoms with Crippen LogP contribution in [0.25, 0.3) is 0 Å². The van der Waals surface area contributed by atoms with E-state index in [4.69, 9.17) is 4.74 Å². The van der Waals surface area contributed by atoms with Crippen LogP contribution in [0, 0.1) is 0 Å². The summed E-state index contributed by atoms with van der Waals surface area (Å²) in [7, 11) is 2.07. The molecule has 0 unspecified atom stereocenters. The lowest BCUT2D eigenvalue weighted by molar-refractivity contribution is -0.116. The molecule has 1 N–H and O–H groups in total. The molecule has 1 amide bonds. The number of ether oxygens (including phenoxy) is 1. The van der Waals surface area contributed by atoms with Gasteiger partial charge in [-0.1, -0.05) is 12.1 Å². The minimum atomic E-state index is -0.000515. The highest BCUT2D eigenvalue weighted by atomic mass is 32.2. The minimum Gasteiger partial charge on any atom is -0.380 e. The van der Waals surface area contributed by atoms with Gasteiger partial charge >= 0.3 is 0 Å². The average Bonchev–Trinajstić information content (AvgIpc) is 2.45. The van der Waals surface area contributed by atoms with Gasteiger partial charge in [0.2, 0.25) is 5.91 Å². The van der Waals surface area contributed by atoms with Gasteiger partial charge in [-0.2, -0.15) is 0 Å². The summed E-state index contributed by atoms with van der Waals surface area (Å²) in [5, 5.41) is 2.98. The predicted octanol–water partition coefficient (Wildman–Crippen LogP) is 2.46. The third-order valence-corrected chi connectivity index (χ3v) is 4.65. The lowest BCUT2D eigenvalue weighted by Gasteiger charge is -2.25. The van der Waals surface area contributed by atoms with Crippen LogP contribution in [0.3, 0.4) is 0 Å². The van der Waals surface area contributed by atoms with E-state index in [1.54, 1.807) is 11.8 Å². The quantitative estimate of drug-likeness (QED) is 0.784. The molecule has 1 heterocycles. The van der Waals surface area contributed by atoms with E-state index in [-0.39, 0.29) is 11.2 Å². The fraction of sp³-hybridized carbons (Fsp3) is 0.533. The van der Waals surface area contributed by atoms with Crippen molar-refractivity contribution in [2.45, 2.75) is 23.5 Å². The average molecular weight is 294 g/mol. The summed E-state index contributed by atoms with van der Waals surface area (Å²) in [6, 6.07) is 7.96. The van der Waals surface area contributed by atoms with Crippen LogP contribution in [0.2, 0.25) is 0 Å². The van der Waals surface area contributed by atoms with E-state index >= 15 is 0 Å². The van der Waals surface area contributed by atoms with Crippen LogP contribution in [0.15, 0.2) is 29.2 Å². The molecule has 0 aliphatic carbocycles. The fourth-order valence-electron chi connectivity index (χ4n) is 2.10. The molecule has 0 radical (unpaired) electrons. The van der Waals surface area contributed by atoms with Gasteiger partial charge in [-0.3, -0.25) is 4.79 Å². The van der Waals surface area contributed by atoms with E-state index < -0.39 is 0 Å². The zero-order chi connectivity index (χ0) is 14.4. The second-order valence-electron chi connectivity index (χ2n) is 4.88. The van der Waals surface area contributed by atoms with Gasteiger partial charge in [-0.15, -0.1) is 11.8 Å². The molecule has 1 atom stereocenters. The van der Waals surface area contributed by atoms with Gasteiger partial charge in [0.05, 0.1) is 17.5 Å². The number of likely N-dealkylation sites (N-methyl/N-ethyl adjacent to an activating group) is 1. The van der Waals surface area contributed by atoms with Crippen molar-refractivity contribution >= 4 is 23.4 Å². The third kappa shape index (κ3) is 4.23. The van der Waals surface area contributed by atoms with Crippen LogP contribution < -0.4 is 5.32 Å². The van der Waals surface area contributed by atoms with Crippen LogP contribution in [0.5, 0.6) is 0 Å². The first-order chi connectivity index (χ1) is 9.70. The summed E-state index contributed by atoms with van der Waals surface area (Å²) in [5.74, 6) is 0.118. The normalized spacial score (nSPS) is 17.9. The van der Waals surface area contributed by atoms with Crippen molar-refractivity contribution in [2.24, 2.45) is 0 Å². The second-order valence-corrected chi connectivity index (χ2v) is 6.13. The van der Waals surface area contributed by atoms with Crippen molar-refractivity contribution < 1.29 is 9.53 Å². The van der Waals surface area contributed by atoms with Gasteiger partial charge in [-0.05, 0) is 39.1 Å². The fourth-order valence-corrected chi connectivity index (χ4v) is 3.20. The first-order valence-corrected chi connectivity index (χ1v) is 7.91. The van der Waals surface area contributed by atoms with Crippen molar-refractivity contribution in [3.8, 4) is 0 Å². The Hall–Kier alpha value is -1.04. The SMILES string of the molecule is CCOCCN(C)CC[C@@H]1Sc2ccccc2NC1=O. The number of hydrogen-bond acceptors (Lipinski definition) is 4. The Morgan fingerprint density at radius 1 is 1.35 bits per heavy atom. The molecule has 0 aromatic heterocycles. The molecule has 5 heteroatoms. The number of nitrogens with zero attached hydrogens (tertiary/aromatic N) is 1. The predicted molar refractivity (Wildman–Crippen MR) is 83.3 cm³/mol. The Bertz CT molecular complexity index is 453. The number of thioether (sulfide) groups is 1. The van der Waals surface area contributed by atoms with Gasteiger partial charge in [0.1, 0.15) is 0 Å². The molecule has 1 aromatic rings. The molecular weight excluding hydrogens is 272 g/mol. The van der Waals surface area contributed by atoms with Gasteiger partial charge < -0.3 is 15.0 Å². The van der Waals surface area contributed by atoms with E-state index in [2.05, 4.69) is 23.3 Å². The van der Waals surface area contributed by atoms with Crippen LogP contribution >= 0.6 is 11.8 Å². The highest BCUT2D eigenvalue weighted by Crippen LogP contribution is 2.36. The number of carbonyl (C=O) groups excluding carboxylic acids is 1. The molecule has 0 saturated heterocycles. The van der Waals surface area contributed by atoms with E-state index in [1.165, 1.54) is 0 Å². The highest BCUT2D eigenvalue weighted by molar-refractivity contribution is 8.01. The van der Waals surface area contributed by atoms with Crippen molar-refractivity contribution in [1.29, 1.82) is 0 Å². The maximum atomic E-state index is 12.1. The summed E-state index contributed by atoms with van der Waals surface area (Å²) in [4.78, 5) is 15.4. The molecule has 0 spiro atoms. The summed E-state index contributed by atoms with van der Waals surface area (Å²) in [6.07, 6.45) is 0.855. The van der Waals surface area contributed by atoms with Crippen LogP contribution in [-0.2, 0) is 9.53 Å². The number of benzene rings is 1. The molecule has 1 aliphatic rings. The lowest BCUT2D eigenvalue weighted by Crippen LogP contribution is -2.33. The zero-order valence-corrected chi connectivity index (χ0v) is 12.9. The Labute approximate surface area is 124 Å². The number of fused-ring (bicyclic) bond motifs is 1. The van der Waals surface area contributed by atoms with Gasteiger partial charge in [0.15, 0.2) is 0 Å². The monoisotopic (exact) mass is 294 g/mol. The molecular formula is C15H22N2O2S. The maximum Gasteiger partial charge on any atom is 0.237 e. The van der Waals surface area contributed by atoms with Crippen LogP contribution in [0.1, 0.15) is 13.3 Å². The number of hydrogen-bond donors (Lipinski definition) is 1. The molecule has 0 saturated carbocycles. The Morgan fingerprint density at radius 3 is 2.95 bits per heavy atom. The van der Waals surface area contributed by atoms with Crippen molar-refractivity contribution in [3.63, 3.8) is 0 Å². The topological polar surface area (TPSA) is 41.6 Å². The first-order valence-electron chi connectivity index (χ1n) is 7.03. The standard InChI is InChI=1S/C15H22N2O2S/c1-3-19-11-10-17(2)9-8-14-15(18)16-12-6-4-5-7-13(12)20-14/h4-7,14H,3,8-11H2,1-2H3,(H,16,18)/t14-/m0/s1. The van der Waals surface area contributed by atoms with E-state index in [9.17, 15) is 4.79 Å². The maximum absolute atomic E-state index is 12.1. The number of amides is 1. The summed E-state index contributed by atoms with van der Waals surface area (Å²) < 4.78 is 5.34. The Kier molecular flexibility index (Phi) is 5.88. The van der Waals surface area contributed by atoms with Crippen molar-refractivity contribution in [3.05, 3.63) is 24.3 Å². The Morgan fingerprint density at radius 2 is 2.15 bits per heavy atom. The molecule has 2 rings (SSSR count). The molecule has 1 aromatic carbocycles. The second kappa shape index (κ2) is 7.67. The molecule has 20 heavy (non-hydrogen) atoms. The number of para-hydroxylation sites is 1. The van der Waals surface area contributed by atoms with Crippen LogP contribution in [0.4, 0.5) is 5.69 Å². The molecule has 1 aliphatic heterocycles. The van der Waals surface area contributed by atoms with Gasteiger partial charge in [0, 0.05) is 18.0 Å². The van der Waals surface area contributed by atoms with Gasteiger partial charge in [0.25, 0.3) is 0 Å². The van der Waals surface area contributed by atoms with Gasteiger partial charge in [-0.25, -0.2) is 0 Å². The van der Waals surface area contributed by atoms with E-state index in [0.29, 0.717) is 0 Å². The third-order valence-electron chi connectivity index (χ3n) is 3.30. The summed E-state index contributed by atoms with van der Waals surface area (Å²) >= 11 is 1.67. The molecule has 0 bridgehead atoms. The lowest BCUT2D eigenvalue weighted by atomic mass is 10.2. The van der Waals surface area contributed by atoms with Crippen molar-refractivity contribution in [1.82, 2.24) is 4.90 Å². The summed E-state index contributed by atoms with van der Waals surface area (Å²) in [5.41, 5.74) is 0.934. The highest BCUT2D eigenvalue weighted by Gasteiger charge is 2.26. The molecule has 0 fully saturated rings. The Balaban J connectivity index is 1.81.